The van der Waals surface area contributed by atoms with E-state index in [0.29, 0.717) is 22.6 Å². The van der Waals surface area contributed by atoms with Crippen molar-refractivity contribution in [3.8, 4) is 0 Å². The van der Waals surface area contributed by atoms with Crippen LogP contribution in [0.3, 0.4) is 0 Å². The molecule has 0 aliphatic heterocycles. The zero-order valence-corrected chi connectivity index (χ0v) is 13.1. The maximum atomic E-state index is 12.2. The molecule has 0 saturated carbocycles. The minimum Gasteiger partial charge on any atom is -0.464 e. The maximum absolute atomic E-state index is 12.2. The van der Waals surface area contributed by atoms with Crippen LogP contribution in [0.5, 0.6) is 0 Å². The SMILES string of the molecule is O=c1c2ccoc2ccn1CC(O)COCc1ccc(Cl)cc1. The van der Waals surface area contributed by atoms with Crippen LogP contribution in [0.25, 0.3) is 11.0 Å². The number of ether oxygens (including phenoxy) is 1. The van der Waals surface area contributed by atoms with Gasteiger partial charge in [0.25, 0.3) is 5.56 Å². The summed E-state index contributed by atoms with van der Waals surface area (Å²) in [5.41, 5.74) is 1.33. The Hall–Kier alpha value is -2.08. The highest BCUT2D eigenvalue weighted by Gasteiger charge is 2.10. The first-order valence-electron chi connectivity index (χ1n) is 7.20. The molecule has 0 aliphatic carbocycles. The fourth-order valence-corrected chi connectivity index (χ4v) is 2.45. The van der Waals surface area contributed by atoms with Gasteiger partial charge >= 0.3 is 0 Å². The van der Waals surface area contributed by atoms with E-state index < -0.39 is 6.10 Å². The number of benzene rings is 1. The molecule has 1 aromatic carbocycles. The topological polar surface area (TPSA) is 64.6 Å². The lowest BCUT2D eigenvalue weighted by molar-refractivity contribution is 0.0200. The number of pyridine rings is 1. The normalized spacial score (nSPS) is 12.6. The number of furan rings is 1. The van der Waals surface area contributed by atoms with Crippen molar-refractivity contribution in [2.45, 2.75) is 19.3 Å². The summed E-state index contributed by atoms with van der Waals surface area (Å²) in [4.78, 5) is 12.2. The second-order valence-electron chi connectivity index (χ2n) is 5.27. The van der Waals surface area contributed by atoms with E-state index in [2.05, 4.69) is 0 Å². The number of aliphatic hydroxyl groups excluding tert-OH is 1. The maximum Gasteiger partial charge on any atom is 0.261 e. The highest BCUT2D eigenvalue weighted by atomic mass is 35.5. The summed E-state index contributed by atoms with van der Waals surface area (Å²) in [6, 6.07) is 10.6. The first kappa shape index (κ1) is 15.8. The van der Waals surface area contributed by atoms with Crippen LogP contribution in [0.15, 0.2) is 58.1 Å². The van der Waals surface area contributed by atoms with Gasteiger partial charge in [0.05, 0.1) is 37.5 Å². The Morgan fingerprint density at radius 2 is 2.00 bits per heavy atom. The molecule has 6 heteroatoms. The first-order chi connectivity index (χ1) is 11.1. The molecule has 0 amide bonds. The number of nitrogens with zero attached hydrogens (tertiary/aromatic N) is 1. The van der Waals surface area contributed by atoms with Crippen molar-refractivity contribution in [1.29, 1.82) is 0 Å². The van der Waals surface area contributed by atoms with Crippen LogP contribution in [0.4, 0.5) is 0 Å². The Balaban J connectivity index is 1.56. The molecule has 0 aliphatic rings. The van der Waals surface area contributed by atoms with Gasteiger partial charge in [0.1, 0.15) is 5.58 Å². The zero-order chi connectivity index (χ0) is 16.2. The molecular formula is C17H16ClNO4. The van der Waals surface area contributed by atoms with Gasteiger partial charge in [0.15, 0.2) is 0 Å². The molecule has 0 bridgehead atoms. The predicted octanol–water partition coefficient (Wildman–Crippen LogP) is 2.83. The van der Waals surface area contributed by atoms with Crippen LogP contribution in [0, 0.1) is 0 Å². The number of aromatic nitrogens is 1. The van der Waals surface area contributed by atoms with Crippen LogP contribution in [0.1, 0.15) is 5.56 Å². The summed E-state index contributed by atoms with van der Waals surface area (Å²) in [5, 5.41) is 11.2. The van der Waals surface area contributed by atoms with E-state index in [4.69, 9.17) is 20.8 Å². The molecule has 5 nitrogen and oxygen atoms in total. The standard InChI is InChI=1S/C17H16ClNO4/c18-13-3-1-12(2-4-13)10-22-11-14(20)9-19-7-5-16-15(17(19)21)6-8-23-16/h1-8,14,20H,9-11H2. The minimum atomic E-state index is -0.774. The van der Waals surface area contributed by atoms with E-state index in [1.54, 1.807) is 30.5 Å². The third-order valence-corrected chi connectivity index (χ3v) is 3.74. The van der Waals surface area contributed by atoms with Gasteiger partial charge in [-0.05, 0) is 29.8 Å². The van der Waals surface area contributed by atoms with Gasteiger partial charge in [-0.25, -0.2) is 0 Å². The van der Waals surface area contributed by atoms with E-state index in [9.17, 15) is 9.90 Å². The minimum absolute atomic E-state index is 0.137. The van der Waals surface area contributed by atoms with Crippen molar-refractivity contribution in [3.63, 3.8) is 0 Å². The largest absolute Gasteiger partial charge is 0.464 e. The molecule has 2 heterocycles. The summed E-state index contributed by atoms with van der Waals surface area (Å²) >= 11 is 5.81. The number of hydrogen-bond acceptors (Lipinski definition) is 4. The molecule has 23 heavy (non-hydrogen) atoms. The molecule has 1 N–H and O–H groups in total. The fourth-order valence-electron chi connectivity index (χ4n) is 2.32. The molecule has 1 unspecified atom stereocenters. The molecule has 0 saturated heterocycles. The Morgan fingerprint density at radius 1 is 1.22 bits per heavy atom. The lowest BCUT2D eigenvalue weighted by atomic mass is 10.2. The first-order valence-corrected chi connectivity index (χ1v) is 7.58. The van der Waals surface area contributed by atoms with E-state index in [-0.39, 0.29) is 18.7 Å². The molecular weight excluding hydrogens is 318 g/mol. The van der Waals surface area contributed by atoms with Gasteiger partial charge in [-0.15, -0.1) is 0 Å². The molecule has 2 aromatic heterocycles. The lowest BCUT2D eigenvalue weighted by Gasteiger charge is -2.13. The zero-order valence-electron chi connectivity index (χ0n) is 12.3. The number of rotatable bonds is 6. The second-order valence-corrected chi connectivity index (χ2v) is 5.70. The van der Waals surface area contributed by atoms with Crippen LogP contribution >= 0.6 is 11.6 Å². The Kier molecular flexibility index (Phi) is 4.81. The fraction of sp³-hybridized carbons (Fsp3) is 0.235. The predicted molar refractivity (Wildman–Crippen MR) is 87.6 cm³/mol. The summed E-state index contributed by atoms with van der Waals surface area (Å²) in [6.45, 7) is 0.683. The number of aliphatic hydroxyl groups is 1. The van der Waals surface area contributed by atoms with E-state index in [1.807, 2.05) is 12.1 Å². The molecule has 0 spiro atoms. The van der Waals surface area contributed by atoms with Crippen molar-refractivity contribution < 1.29 is 14.3 Å². The monoisotopic (exact) mass is 333 g/mol. The van der Waals surface area contributed by atoms with Crippen molar-refractivity contribution in [1.82, 2.24) is 4.57 Å². The van der Waals surface area contributed by atoms with Crippen LogP contribution in [-0.4, -0.2) is 22.4 Å². The van der Waals surface area contributed by atoms with Crippen molar-refractivity contribution >= 4 is 22.6 Å². The van der Waals surface area contributed by atoms with Gasteiger partial charge in [-0.2, -0.15) is 0 Å². The third kappa shape index (κ3) is 3.82. The summed E-state index contributed by atoms with van der Waals surface area (Å²) in [6.07, 6.45) is 2.31. The van der Waals surface area contributed by atoms with Crippen molar-refractivity contribution in [3.05, 3.63) is 69.8 Å². The quantitative estimate of drug-likeness (QED) is 0.753. The van der Waals surface area contributed by atoms with Gasteiger partial charge in [0, 0.05) is 11.2 Å². The smallest absolute Gasteiger partial charge is 0.261 e. The van der Waals surface area contributed by atoms with Gasteiger partial charge in [0.2, 0.25) is 0 Å². The highest BCUT2D eigenvalue weighted by Crippen LogP contribution is 2.11. The van der Waals surface area contributed by atoms with Gasteiger partial charge in [-0.1, -0.05) is 23.7 Å². The summed E-state index contributed by atoms with van der Waals surface area (Å²) in [5.74, 6) is 0. The Labute approximate surface area is 137 Å². The molecule has 3 rings (SSSR count). The molecule has 3 aromatic rings. The van der Waals surface area contributed by atoms with Crippen LogP contribution in [-0.2, 0) is 17.9 Å². The Morgan fingerprint density at radius 3 is 2.78 bits per heavy atom. The van der Waals surface area contributed by atoms with E-state index in [1.165, 1.54) is 10.8 Å². The van der Waals surface area contributed by atoms with E-state index in [0.717, 1.165) is 5.56 Å². The highest BCUT2D eigenvalue weighted by molar-refractivity contribution is 6.30. The third-order valence-electron chi connectivity index (χ3n) is 3.49. The number of hydrogen-bond donors (Lipinski definition) is 1. The molecule has 120 valence electrons. The average Bonchev–Trinajstić information content (AvgIpc) is 3.01. The molecule has 0 radical (unpaired) electrons. The Bertz CT molecular complexity index is 838. The van der Waals surface area contributed by atoms with Gasteiger partial charge < -0.3 is 18.8 Å². The molecule has 1 atom stereocenters. The summed E-state index contributed by atoms with van der Waals surface area (Å²) in [7, 11) is 0. The number of halogens is 1. The second kappa shape index (κ2) is 7.00. The van der Waals surface area contributed by atoms with Gasteiger partial charge in [-0.3, -0.25) is 4.79 Å². The van der Waals surface area contributed by atoms with Crippen molar-refractivity contribution in [2.24, 2.45) is 0 Å². The van der Waals surface area contributed by atoms with Crippen LogP contribution in [0.2, 0.25) is 5.02 Å². The summed E-state index contributed by atoms with van der Waals surface area (Å²) < 4.78 is 12.1. The van der Waals surface area contributed by atoms with Crippen LogP contribution < -0.4 is 5.56 Å². The van der Waals surface area contributed by atoms with E-state index >= 15 is 0 Å². The average molecular weight is 334 g/mol. The van der Waals surface area contributed by atoms with Crippen molar-refractivity contribution in [2.75, 3.05) is 6.61 Å². The molecule has 0 fully saturated rings. The number of fused-ring (bicyclic) bond motifs is 1. The lowest BCUT2D eigenvalue weighted by Crippen LogP contribution is -2.28.